The molecule has 1 nitrogen and oxygen atoms in total. The molecular weight excluding hydrogens is 158 g/mol. The Balaban J connectivity index is 0. The highest BCUT2D eigenvalue weighted by atomic mass is 14.8. The van der Waals surface area contributed by atoms with E-state index in [9.17, 15) is 0 Å². The molecule has 0 saturated heterocycles. The quantitative estimate of drug-likeness (QED) is 0.643. The van der Waals surface area contributed by atoms with Crippen molar-refractivity contribution in [1.29, 1.82) is 0 Å². The molecule has 13 heavy (non-hydrogen) atoms. The van der Waals surface area contributed by atoms with Crippen LogP contribution in [0.15, 0.2) is 23.8 Å². The molecule has 0 aliphatic carbocycles. The summed E-state index contributed by atoms with van der Waals surface area (Å²) in [5.41, 5.74) is 2.52. The van der Waals surface area contributed by atoms with Gasteiger partial charge in [0.25, 0.3) is 0 Å². The fourth-order valence-electron chi connectivity index (χ4n) is 0.903. The van der Waals surface area contributed by atoms with E-state index in [0.29, 0.717) is 0 Å². The highest BCUT2D eigenvalue weighted by molar-refractivity contribution is 5.27. The van der Waals surface area contributed by atoms with Crippen LogP contribution in [0.3, 0.4) is 0 Å². The number of rotatable bonds is 5. The SMILES string of the molecule is C=C(C)/C(=C\CC)CNCC.CC. The summed E-state index contributed by atoms with van der Waals surface area (Å²) in [7, 11) is 0. The van der Waals surface area contributed by atoms with Crippen molar-refractivity contribution in [3.05, 3.63) is 23.8 Å². The topological polar surface area (TPSA) is 12.0 Å². The minimum Gasteiger partial charge on any atom is -0.313 e. The third kappa shape index (κ3) is 9.35. The first-order valence-corrected chi connectivity index (χ1v) is 5.28. The summed E-state index contributed by atoms with van der Waals surface area (Å²) in [4.78, 5) is 0. The largest absolute Gasteiger partial charge is 0.313 e. The highest BCUT2D eigenvalue weighted by Gasteiger charge is 1.94. The molecule has 0 saturated carbocycles. The van der Waals surface area contributed by atoms with Crippen molar-refractivity contribution in [2.24, 2.45) is 0 Å². The van der Waals surface area contributed by atoms with Crippen molar-refractivity contribution < 1.29 is 0 Å². The van der Waals surface area contributed by atoms with Gasteiger partial charge in [0, 0.05) is 6.54 Å². The average molecular weight is 183 g/mol. The molecule has 0 rings (SSSR count). The summed E-state index contributed by atoms with van der Waals surface area (Å²) in [6, 6.07) is 0. The fraction of sp³-hybridized carbons (Fsp3) is 0.667. The zero-order chi connectivity index (χ0) is 10.7. The predicted octanol–water partition coefficient (Wildman–Crippen LogP) is 3.53. The third-order valence-corrected chi connectivity index (χ3v) is 1.56. The van der Waals surface area contributed by atoms with Crippen LogP contribution in [0.2, 0.25) is 0 Å². The van der Waals surface area contributed by atoms with E-state index in [1.165, 1.54) is 11.1 Å². The van der Waals surface area contributed by atoms with Gasteiger partial charge in [-0.1, -0.05) is 45.9 Å². The first-order valence-electron chi connectivity index (χ1n) is 5.28. The lowest BCUT2D eigenvalue weighted by Crippen LogP contribution is -2.16. The lowest BCUT2D eigenvalue weighted by molar-refractivity contribution is 0.777. The minimum atomic E-state index is 0.958. The molecule has 0 atom stereocenters. The Morgan fingerprint density at radius 1 is 1.31 bits per heavy atom. The summed E-state index contributed by atoms with van der Waals surface area (Å²) < 4.78 is 0. The first kappa shape index (κ1) is 14.9. The monoisotopic (exact) mass is 183 g/mol. The van der Waals surface area contributed by atoms with Crippen molar-refractivity contribution in [1.82, 2.24) is 5.32 Å². The molecule has 0 heterocycles. The summed E-state index contributed by atoms with van der Waals surface area (Å²) >= 11 is 0. The van der Waals surface area contributed by atoms with Gasteiger partial charge in [-0.15, -0.1) is 0 Å². The molecule has 0 aromatic carbocycles. The minimum absolute atomic E-state index is 0.958. The molecule has 0 radical (unpaired) electrons. The van der Waals surface area contributed by atoms with Gasteiger partial charge in [-0.05, 0) is 25.5 Å². The van der Waals surface area contributed by atoms with Crippen molar-refractivity contribution in [2.45, 2.75) is 41.0 Å². The Morgan fingerprint density at radius 3 is 2.15 bits per heavy atom. The van der Waals surface area contributed by atoms with E-state index in [1.807, 2.05) is 13.8 Å². The van der Waals surface area contributed by atoms with Crippen LogP contribution in [-0.2, 0) is 0 Å². The molecule has 78 valence electrons. The van der Waals surface area contributed by atoms with Crippen LogP contribution < -0.4 is 5.32 Å². The van der Waals surface area contributed by atoms with Crippen LogP contribution in [-0.4, -0.2) is 13.1 Å². The maximum Gasteiger partial charge on any atom is 0.0204 e. The maximum absolute atomic E-state index is 3.92. The molecule has 0 aromatic heterocycles. The number of allylic oxidation sites excluding steroid dienone is 1. The van der Waals surface area contributed by atoms with Crippen LogP contribution in [0.5, 0.6) is 0 Å². The van der Waals surface area contributed by atoms with Crippen LogP contribution in [0.1, 0.15) is 41.0 Å². The second-order valence-corrected chi connectivity index (χ2v) is 2.70. The molecule has 0 amide bonds. The van der Waals surface area contributed by atoms with Gasteiger partial charge in [0.1, 0.15) is 0 Å². The third-order valence-electron chi connectivity index (χ3n) is 1.56. The summed E-state index contributed by atoms with van der Waals surface area (Å²) in [6.45, 7) is 16.2. The van der Waals surface area contributed by atoms with Crippen molar-refractivity contribution >= 4 is 0 Å². The molecule has 0 aromatic rings. The van der Waals surface area contributed by atoms with E-state index in [2.05, 4.69) is 38.7 Å². The van der Waals surface area contributed by atoms with E-state index < -0.39 is 0 Å². The molecule has 0 spiro atoms. The van der Waals surface area contributed by atoms with E-state index in [4.69, 9.17) is 0 Å². The van der Waals surface area contributed by atoms with E-state index in [1.54, 1.807) is 0 Å². The Bertz CT molecular complexity index is 145. The van der Waals surface area contributed by atoms with Gasteiger partial charge in [0.2, 0.25) is 0 Å². The number of hydrogen-bond acceptors (Lipinski definition) is 1. The van der Waals surface area contributed by atoms with Gasteiger partial charge in [-0.3, -0.25) is 0 Å². The molecule has 0 aliphatic rings. The number of nitrogens with one attached hydrogen (secondary N) is 1. The van der Waals surface area contributed by atoms with E-state index >= 15 is 0 Å². The van der Waals surface area contributed by atoms with Gasteiger partial charge in [0.05, 0.1) is 0 Å². The molecular formula is C12H25N. The zero-order valence-corrected chi connectivity index (χ0v) is 9.91. The Kier molecular flexibility index (Phi) is 13.1. The molecule has 0 unspecified atom stereocenters. The zero-order valence-electron chi connectivity index (χ0n) is 9.91. The number of hydrogen-bond donors (Lipinski definition) is 1. The average Bonchev–Trinajstić information content (AvgIpc) is 2.15. The second kappa shape index (κ2) is 11.4. The summed E-state index contributed by atoms with van der Waals surface area (Å²) in [6.07, 6.45) is 3.32. The second-order valence-electron chi connectivity index (χ2n) is 2.70. The predicted molar refractivity (Wildman–Crippen MR) is 63.1 cm³/mol. The summed E-state index contributed by atoms with van der Waals surface area (Å²) in [5, 5.41) is 3.29. The molecule has 0 bridgehead atoms. The van der Waals surface area contributed by atoms with Crippen LogP contribution in [0.4, 0.5) is 0 Å². The Morgan fingerprint density at radius 2 is 1.85 bits per heavy atom. The Hall–Kier alpha value is -0.560. The molecule has 1 heteroatoms. The van der Waals surface area contributed by atoms with Gasteiger partial charge >= 0.3 is 0 Å². The molecule has 0 aliphatic heterocycles. The van der Waals surface area contributed by atoms with Gasteiger partial charge in [0.15, 0.2) is 0 Å². The van der Waals surface area contributed by atoms with Crippen LogP contribution >= 0.6 is 0 Å². The van der Waals surface area contributed by atoms with Crippen molar-refractivity contribution in [2.75, 3.05) is 13.1 Å². The van der Waals surface area contributed by atoms with E-state index in [0.717, 1.165) is 19.5 Å². The smallest absolute Gasteiger partial charge is 0.0204 e. The molecule has 0 fully saturated rings. The van der Waals surface area contributed by atoms with Crippen LogP contribution in [0.25, 0.3) is 0 Å². The standard InChI is InChI=1S/C10H19N.C2H6/c1-5-7-10(9(3)4)8-11-6-2;1-2/h7,11H,3,5-6,8H2,1-2,4H3;1-2H3/b10-7-;. The highest BCUT2D eigenvalue weighted by Crippen LogP contribution is 2.05. The molecule has 1 N–H and O–H groups in total. The lowest BCUT2D eigenvalue weighted by atomic mass is 10.1. The van der Waals surface area contributed by atoms with Crippen molar-refractivity contribution in [3.63, 3.8) is 0 Å². The van der Waals surface area contributed by atoms with Gasteiger partial charge in [-0.2, -0.15) is 0 Å². The van der Waals surface area contributed by atoms with Gasteiger partial charge < -0.3 is 5.32 Å². The normalized spacial score (nSPS) is 10.4. The summed E-state index contributed by atoms with van der Waals surface area (Å²) in [5.74, 6) is 0. The Labute approximate surface area is 83.9 Å². The van der Waals surface area contributed by atoms with Gasteiger partial charge in [-0.25, -0.2) is 0 Å². The lowest BCUT2D eigenvalue weighted by Gasteiger charge is -2.06. The fourth-order valence-corrected chi connectivity index (χ4v) is 0.903. The maximum atomic E-state index is 3.92. The number of likely N-dealkylation sites (N-methyl/N-ethyl adjacent to an activating group) is 1. The van der Waals surface area contributed by atoms with Crippen molar-refractivity contribution in [3.8, 4) is 0 Å². The van der Waals surface area contributed by atoms with E-state index in [-0.39, 0.29) is 0 Å². The van der Waals surface area contributed by atoms with Crippen LogP contribution in [0, 0.1) is 0 Å². The first-order chi connectivity index (χ1) is 6.22.